The molecule has 0 radical (unpaired) electrons. The van der Waals surface area contributed by atoms with E-state index in [1.54, 1.807) is 36.4 Å². The molecule has 0 spiro atoms. The molecule has 0 bridgehead atoms. The molecule has 0 atom stereocenters. The average molecular weight is 334 g/mol. The first-order valence-electron chi connectivity index (χ1n) is 7.05. The van der Waals surface area contributed by atoms with Gasteiger partial charge in [0.2, 0.25) is 0 Å². The first kappa shape index (κ1) is 17.0. The molecular formula is C17H18O5S. The second-order valence-corrected chi connectivity index (χ2v) is 7.12. The van der Waals surface area contributed by atoms with Crippen molar-refractivity contribution >= 4 is 15.8 Å². The van der Waals surface area contributed by atoms with Crippen molar-refractivity contribution in [2.75, 3.05) is 12.9 Å². The van der Waals surface area contributed by atoms with Crippen LogP contribution in [0.3, 0.4) is 0 Å². The molecule has 0 saturated heterocycles. The fourth-order valence-corrected chi connectivity index (χ4v) is 3.18. The van der Waals surface area contributed by atoms with Gasteiger partial charge in [-0.2, -0.15) is 0 Å². The number of sulfone groups is 1. The van der Waals surface area contributed by atoms with Gasteiger partial charge in [0.1, 0.15) is 0 Å². The van der Waals surface area contributed by atoms with Gasteiger partial charge >= 0.3 is 5.97 Å². The standard InChI is InChI=1S/C17H18O5S/c1-13-7-9-14(10-8-13)23(19,20)12-11-17(18)22-16-6-4-3-5-15(16)21-2/h3-10H,11-12H2,1-2H3. The average Bonchev–Trinajstić information content (AvgIpc) is 2.54. The third-order valence-electron chi connectivity index (χ3n) is 3.25. The van der Waals surface area contributed by atoms with Gasteiger partial charge in [0.05, 0.1) is 24.2 Å². The van der Waals surface area contributed by atoms with Gasteiger partial charge in [-0.3, -0.25) is 4.79 Å². The van der Waals surface area contributed by atoms with Crippen LogP contribution in [-0.4, -0.2) is 27.2 Å². The summed E-state index contributed by atoms with van der Waals surface area (Å²) in [5, 5.41) is 0. The predicted molar refractivity (Wildman–Crippen MR) is 86.5 cm³/mol. The molecule has 0 fully saturated rings. The summed E-state index contributed by atoms with van der Waals surface area (Å²) in [5.74, 6) is -0.232. The Labute approximate surface area is 135 Å². The lowest BCUT2D eigenvalue weighted by Crippen LogP contribution is -2.15. The van der Waals surface area contributed by atoms with Crippen molar-refractivity contribution in [1.29, 1.82) is 0 Å². The van der Waals surface area contributed by atoms with Gasteiger partial charge in [0.15, 0.2) is 21.3 Å². The minimum absolute atomic E-state index is 0.202. The Hall–Kier alpha value is -2.34. The maximum Gasteiger partial charge on any atom is 0.312 e. The Morgan fingerprint density at radius 2 is 1.61 bits per heavy atom. The van der Waals surface area contributed by atoms with Crippen molar-refractivity contribution in [3.8, 4) is 11.5 Å². The van der Waals surface area contributed by atoms with E-state index < -0.39 is 15.8 Å². The van der Waals surface area contributed by atoms with Crippen LogP contribution in [0, 0.1) is 6.92 Å². The van der Waals surface area contributed by atoms with E-state index in [-0.39, 0.29) is 22.8 Å². The Kier molecular flexibility index (Phi) is 5.39. The summed E-state index contributed by atoms with van der Waals surface area (Å²) in [4.78, 5) is 12.1. The molecule has 0 amide bonds. The van der Waals surface area contributed by atoms with Crippen LogP contribution in [0.5, 0.6) is 11.5 Å². The van der Waals surface area contributed by atoms with Crippen molar-refractivity contribution in [2.45, 2.75) is 18.2 Å². The summed E-state index contributed by atoms with van der Waals surface area (Å²) in [5.41, 5.74) is 0.972. The van der Waals surface area contributed by atoms with E-state index in [9.17, 15) is 13.2 Å². The molecular weight excluding hydrogens is 316 g/mol. The van der Waals surface area contributed by atoms with Crippen LogP contribution in [0.1, 0.15) is 12.0 Å². The number of methoxy groups -OCH3 is 1. The molecule has 2 rings (SSSR count). The number of hydrogen-bond donors (Lipinski definition) is 0. The maximum absolute atomic E-state index is 12.2. The maximum atomic E-state index is 12.2. The minimum Gasteiger partial charge on any atom is -0.493 e. The molecule has 0 unspecified atom stereocenters. The zero-order valence-corrected chi connectivity index (χ0v) is 13.8. The van der Waals surface area contributed by atoms with Gasteiger partial charge in [-0.25, -0.2) is 8.42 Å². The monoisotopic (exact) mass is 334 g/mol. The summed E-state index contributed by atoms with van der Waals surface area (Å²) in [6.07, 6.45) is -0.228. The van der Waals surface area contributed by atoms with Crippen LogP contribution in [0.25, 0.3) is 0 Å². The van der Waals surface area contributed by atoms with E-state index in [2.05, 4.69) is 0 Å². The van der Waals surface area contributed by atoms with Crippen molar-refractivity contribution in [3.63, 3.8) is 0 Å². The van der Waals surface area contributed by atoms with E-state index in [1.165, 1.54) is 19.2 Å². The highest BCUT2D eigenvalue weighted by molar-refractivity contribution is 7.91. The zero-order valence-electron chi connectivity index (χ0n) is 13.0. The lowest BCUT2D eigenvalue weighted by molar-refractivity contribution is -0.134. The van der Waals surface area contributed by atoms with Crippen LogP contribution in [0.15, 0.2) is 53.4 Å². The normalized spacial score (nSPS) is 11.0. The number of ether oxygens (including phenoxy) is 2. The summed E-state index contributed by atoms with van der Waals surface area (Å²) in [6.45, 7) is 1.88. The molecule has 23 heavy (non-hydrogen) atoms. The Balaban J connectivity index is 2.00. The molecule has 5 nitrogen and oxygen atoms in total. The van der Waals surface area contributed by atoms with Crippen LogP contribution < -0.4 is 9.47 Å². The highest BCUT2D eigenvalue weighted by Crippen LogP contribution is 2.26. The largest absolute Gasteiger partial charge is 0.493 e. The molecule has 0 heterocycles. The number of aryl methyl sites for hydroxylation is 1. The summed E-state index contributed by atoms with van der Waals surface area (Å²) in [6, 6.07) is 13.2. The fraction of sp³-hybridized carbons (Fsp3) is 0.235. The number of benzene rings is 2. The molecule has 122 valence electrons. The summed E-state index contributed by atoms with van der Waals surface area (Å²) < 4.78 is 34.6. The van der Waals surface area contributed by atoms with E-state index in [0.29, 0.717) is 5.75 Å². The number of carbonyl (C=O) groups excluding carboxylic acids is 1. The SMILES string of the molecule is COc1ccccc1OC(=O)CCS(=O)(=O)c1ccc(C)cc1. The highest BCUT2D eigenvalue weighted by Gasteiger charge is 2.18. The van der Waals surface area contributed by atoms with Crippen LogP contribution >= 0.6 is 0 Å². The van der Waals surface area contributed by atoms with Crippen molar-refractivity contribution < 1.29 is 22.7 Å². The molecule has 0 aliphatic carbocycles. The lowest BCUT2D eigenvalue weighted by Gasteiger charge is -2.09. The van der Waals surface area contributed by atoms with Gasteiger partial charge in [0.25, 0.3) is 0 Å². The third kappa shape index (κ3) is 4.56. The van der Waals surface area contributed by atoms with Crippen LogP contribution in [0.4, 0.5) is 0 Å². The molecule has 0 aliphatic rings. The number of rotatable bonds is 6. The number of hydrogen-bond acceptors (Lipinski definition) is 5. The van der Waals surface area contributed by atoms with E-state index in [0.717, 1.165) is 5.56 Å². The molecule has 0 aromatic heterocycles. The molecule has 0 saturated carbocycles. The van der Waals surface area contributed by atoms with E-state index in [1.807, 2.05) is 6.92 Å². The third-order valence-corrected chi connectivity index (χ3v) is 4.98. The van der Waals surface area contributed by atoms with E-state index >= 15 is 0 Å². The molecule has 0 N–H and O–H groups in total. The first-order chi connectivity index (χ1) is 10.9. The Bertz CT molecular complexity index is 779. The zero-order chi connectivity index (χ0) is 16.9. The smallest absolute Gasteiger partial charge is 0.312 e. The van der Waals surface area contributed by atoms with Crippen molar-refractivity contribution in [1.82, 2.24) is 0 Å². The fourth-order valence-electron chi connectivity index (χ4n) is 1.96. The van der Waals surface area contributed by atoms with Gasteiger partial charge in [-0.05, 0) is 31.2 Å². The van der Waals surface area contributed by atoms with E-state index in [4.69, 9.17) is 9.47 Å². The molecule has 2 aromatic rings. The van der Waals surface area contributed by atoms with Crippen molar-refractivity contribution in [2.24, 2.45) is 0 Å². The molecule has 0 aliphatic heterocycles. The summed E-state index contributed by atoms with van der Waals surface area (Å²) in [7, 11) is -2.05. The van der Waals surface area contributed by atoms with Gasteiger partial charge in [0, 0.05) is 0 Å². The molecule has 2 aromatic carbocycles. The minimum atomic E-state index is -3.51. The number of para-hydroxylation sites is 2. The van der Waals surface area contributed by atoms with Gasteiger partial charge in [-0.15, -0.1) is 0 Å². The summed E-state index contributed by atoms with van der Waals surface area (Å²) >= 11 is 0. The topological polar surface area (TPSA) is 69.7 Å². The van der Waals surface area contributed by atoms with Crippen LogP contribution in [-0.2, 0) is 14.6 Å². The Morgan fingerprint density at radius 3 is 2.22 bits per heavy atom. The quantitative estimate of drug-likeness (QED) is 0.600. The van der Waals surface area contributed by atoms with Gasteiger partial charge in [-0.1, -0.05) is 29.8 Å². The second-order valence-electron chi connectivity index (χ2n) is 5.01. The lowest BCUT2D eigenvalue weighted by atomic mass is 10.2. The Morgan fingerprint density at radius 1 is 1.00 bits per heavy atom. The van der Waals surface area contributed by atoms with Crippen molar-refractivity contribution in [3.05, 3.63) is 54.1 Å². The van der Waals surface area contributed by atoms with Gasteiger partial charge < -0.3 is 9.47 Å². The molecule has 6 heteroatoms. The first-order valence-corrected chi connectivity index (χ1v) is 8.71. The highest BCUT2D eigenvalue weighted by atomic mass is 32.2. The number of carbonyl (C=O) groups is 1. The second kappa shape index (κ2) is 7.28. The predicted octanol–water partition coefficient (Wildman–Crippen LogP) is 2.77. The van der Waals surface area contributed by atoms with Crippen LogP contribution in [0.2, 0.25) is 0 Å². The number of esters is 1.